The summed E-state index contributed by atoms with van der Waals surface area (Å²) in [6.07, 6.45) is 0. The molecule has 3 nitrogen and oxygen atoms in total. The van der Waals surface area contributed by atoms with Crippen molar-refractivity contribution in [2.75, 3.05) is 11.4 Å². The Kier molecular flexibility index (Phi) is 4.53. The number of hydrazine groups is 1. The molecule has 0 aromatic heterocycles. The minimum absolute atomic E-state index is 0.0345. The van der Waals surface area contributed by atoms with Crippen molar-refractivity contribution in [3.63, 3.8) is 0 Å². The lowest BCUT2D eigenvalue weighted by molar-refractivity contribution is 0.400. The number of nitrogens with one attached hydrogen (secondary N) is 2. The van der Waals surface area contributed by atoms with Crippen LogP contribution in [0.2, 0.25) is 0 Å². The van der Waals surface area contributed by atoms with E-state index in [-0.39, 0.29) is 35.5 Å². The second kappa shape index (κ2) is 7.21. The van der Waals surface area contributed by atoms with Crippen molar-refractivity contribution in [1.29, 1.82) is 0 Å². The molecule has 29 heavy (non-hydrogen) atoms. The van der Waals surface area contributed by atoms with Crippen LogP contribution in [0.5, 0.6) is 0 Å². The first kappa shape index (κ1) is 18.2. The average molecular weight is 395 g/mol. The van der Waals surface area contributed by atoms with Gasteiger partial charge in [-0.1, -0.05) is 24.3 Å². The lowest BCUT2D eigenvalue weighted by Gasteiger charge is -2.39. The highest BCUT2D eigenvalue weighted by Gasteiger charge is 2.43. The SMILES string of the molecule is Fc1ccc(CN2CC3C(c4ccc(F)cc4)NNC3c3cc(F)ccc32)cc1. The van der Waals surface area contributed by atoms with E-state index in [9.17, 15) is 13.2 Å². The van der Waals surface area contributed by atoms with Crippen LogP contribution in [0.4, 0.5) is 18.9 Å². The van der Waals surface area contributed by atoms with Crippen molar-refractivity contribution in [2.45, 2.75) is 18.6 Å². The van der Waals surface area contributed by atoms with Crippen molar-refractivity contribution < 1.29 is 13.2 Å². The molecule has 0 aliphatic carbocycles. The van der Waals surface area contributed by atoms with Gasteiger partial charge in [0.05, 0.1) is 12.1 Å². The molecule has 0 spiro atoms. The maximum atomic E-state index is 14.1. The third-order valence-corrected chi connectivity index (χ3v) is 5.86. The van der Waals surface area contributed by atoms with Crippen LogP contribution in [0.3, 0.4) is 0 Å². The van der Waals surface area contributed by atoms with Gasteiger partial charge in [-0.15, -0.1) is 0 Å². The summed E-state index contributed by atoms with van der Waals surface area (Å²) in [5.41, 5.74) is 10.4. The fourth-order valence-corrected chi connectivity index (χ4v) is 4.48. The highest BCUT2D eigenvalue weighted by molar-refractivity contribution is 5.58. The van der Waals surface area contributed by atoms with Crippen molar-refractivity contribution in [3.8, 4) is 0 Å². The Labute approximate surface area is 167 Å². The number of halogens is 3. The predicted octanol–water partition coefficient (Wildman–Crippen LogP) is 4.63. The van der Waals surface area contributed by atoms with Crippen LogP contribution in [-0.2, 0) is 6.54 Å². The van der Waals surface area contributed by atoms with Gasteiger partial charge in [0.15, 0.2) is 0 Å². The van der Waals surface area contributed by atoms with Crippen LogP contribution < -0.4 is 15.8 Å². The van der Waals surface area contributed by atoms with E-state index < -0.39 is 0 Å². The molecule has 3 atom stereocenters. The molecule has 0 bridgehead atoms. The zero-order chi connectivity index (χ0) is 20.0. The number of hydrogen-bond acceptors (Lipinski definition) is 3. The lowest BCUT2D eigenvalue weighted by atomic mass is 9.82. The Morgan fingerprint density at radius 1 is 0.759 bits per heavy atom. The zero-order valence-corrected chi connectivity index (χ0v) is 15.6. The van der Waals surface area contributed by atoms with E-state index in [0.717, 1.165) is 28.9 Å². The Hall–Kier alpha value is -2.83. The summed E-state index contributed by atoms with van der Waals surface area (Å²) < 4.78 is 40.7. The standard InChI is InChI=1S/C23H20F3N3/c24-16-5-1-14(2-6-16)12-29-13-20-22(15-3-7-17(25)8-4-15)27-28-23(20)19-11-18(26)9-10-21(19)29/h1-11,20,22-23,27-28H,12-13H2. The first-order valence-corrected chi connectivity index (χ1v) is 9.64. The summed E-state index contributed by atoms with van der Waals surface area (Å²) in [7, 11) is 0. The Morgan fingerprint density at radius 3 is 2.10 bits per heavy atom. The second-order valence-electron chi connectivity index (χ2n) is 7.67. The van der Waals surface area contributed by atoms with Gasteiger partial charge in [-0.05, 0) is 59.2 Å². The van der Waals surface area contributed by atoms with E-state index in [2.05, 4.69) is 15.8 Å². The van der Waals surface area contributed by atoms with Gasteiger partial charge < -0.3 is 4.90 Å². The van der Waals surface area contributed by atoms with Gasteiger partial charge in [0.1, 0.15) is 17.5 Å². The maximum Gasteiger partial charge on any atom is 0.123 e. The van der Waals surface area contributed by atoms with Crippen LogP contribution in [0.25, 0.3) is 0 Å². The van der Waals surface area contributed by atoms with Crippen molar-refractivity contribution in [1.82, 2.24) is 10.9 Å². The molecule has 6 heteroatoms. The molecule has 2 heterocycles. The maximum absolute atomic E-state index is 14.1. The van der Waals surface area contributed by atoms with E-state index in [4.69, 9.17) is 0 Å². The number of rotatable bonds is 3. The van der Waals surface area contributed by atoms with Crippen molar-refractivity contribution in [2.24, 2.45) is 5.92 Å². The Morgan fingerprint density at radius 2 is 1.38 bits per heavy atom. The third kappa shape index (κ3) is 3.39. The summed E-state index contributed by atoms with van der Waals surface area (Å²) in [4.78, 5) is 2.20. The first-order valence-electron chi connectivity index (χ1n) is 9.64. The first-order chi connectivity index (χ1) is 14.1. The number of benzene rings is 3. The monoisotopic (exact) mass is 395 g/mol. The molecule has 1 fully saturated rings. The normalized spacial score (nSPS) is 23.0. The van der Waals surface area contributed by atoms with Crippen LogP contribution in [0.15, 0.2) is 66.7 Å². The quantitative estimate of drug-likeness (QED) is 0.677. The summed E-state index contributed by atoms with van der Waals surface area (Å²) in [5, 5.41) is 0. The number of nitrogens with zero attached hydrogens (tertiary/aromatic N) is 1. The van der Waals surface area contributed by atoms with Gasteiger partial charge in [0.25, 0.3) is 0 Å². The fraction of sp³-hybridized carbons (Fsp3) is 0.217. The van der Waals surface area contributed by atoms with Gasteiger partial charge in [-0.3, -0.25) is 0 Å². The van der Waals surface area contributed by atoms with Gasteiger partial charge in [0.2, 0.25) is 0 Å². The minimum Gasteiger partial charge on any atom is -0.367 e. The summed E-state index contributed by atoms with van der Waals surface area (Å²) >= 11 is 0. The fourth-order valence-electron chi connectivity index (χ4n) is 4.48. The molecule has 3 aromatic rings. The van der Waals surface area contributed by atoms with Crippen molar-refractivity contribution in [3.05, 3.63) is 101 Å². The number of hydrogen-bond donors (Lipinski definition) is 2. The van der Waals surface area contributed by atoms with E-state index >= 15 is 0 Å². The average Bonchev–Trinajstić information content (AvgIpc) is 3.14. The van der Waals surface area contributed by atoms with Gasteiger partial charge in [0, 0.05) is 24.7 Å². The molecule has 148 valence electrons. The largest absolute Gasteiger partial charge is 0.367 e. The highest BCUT2D eigenvalue weighted by Crippen LogP contribution is 2.45. The molecule has 5 rings (SSSR count). The molecule has 0 saturated carbocycles. The molecule has 1 saturated heterocycles. The van der Waals surface area contributed by atoms with Gasteiger partial charge in [-0.2, -0.15) is 0 Å². The van der Waals surface area contributed by atoms with E-state index in [1.807, 2.05) is 0 Å². The van der Waals surface area contributed by atoms with Crippen LogP contribution in [0, 0.1) is 23.4 Å². The van der Waals surface area contributed by atoms with Crippen LogP contribution in [0.1, 0.15) is 28.8 Å². The number of fused-ring (bicyclic) bond motifs is 3. The van der Waals surface area contributed by atoms with E-state index in [1.54, 1.807) is 36.4 Å². The van der Waals surface area contributed by atoms with Crippen LogP contribution in [-0.4, -0.2) is 6.54 Å². The van der Waals surface area contributed by atoms with E-state index in [0.29, 0.717) is 6.54 Å². The molecule has 3 unspecified atom stereocenters. The van der Waals surface area contributed by atoms with Crippen LogP contribution >= 0.6 is 0 Å². The number of anilines is 1. The zero-order valence-electron chi connectivity index (χ0n) is 15.6. The van der Waals surface area contributed by atoms with Crippen molar-refractivity contribution >= 4 is 5.69 Å². The topological polar surface area (TPSA) is 27.3 Å². The van der Waals surface area contributed by atoms with Gasteiger partial charge in [-0.25, -0.2) is 24.0 Å². The molecule has 2 aliphatic heterocycles. The molecule has 0 amide bonds. The minimum atomic E-state index is -0.279. The summed E-state index contributed by atoms with van der Waals surface area (Å²) in [5.74, 6) is -0.700. The Bertz CT molecular complexity index is 1020. The lowest BCUT2D eigenvalue weighted by Crippen LogP contribution is -2.39. The van der Waals surface area contributed by atoms with Gasteiger partial charge >= 0.3 is 0 Å². The molecular formula is C23H20F3N3. The molecule has 0 radical (unpaired) electrons. The Balaban J connectivity index is 1.50. The molecular weight excluding hydrogens is 375 g/mol. The second-order valence-corrected chi connectivity index (χ2v) is 7.67. The molecule has 3 aromatic carbocycles. The molecule has 2 N–H and O–H groups in total. The summed E-state index contributed by atoms with van der Waals surface area (Å²) in [6.45, 7) is 1.32. The predicted molar refractivity (Wildman–Crippen MR) is 105 cm³/mol. The molecule has 2 aliphatic rings. The third-order valence-electron chi connectivity index (χ3n) is 5.86. The highest BCUT2D eigenvalue weighted by atomic mass is 19.1. The smallest absolute Gasteiger partial charge is 0.123 e. The van der Waals surface area contributed by atoms with E-state index in [1.165, 1.54) is 30.3 Å². The summed E-state index contributed by atoms with van der Waals surface area (Å²) in [6, 6.07) is 17.7.